The van der Waals surface area contributed by atoms with Crippen molar-refractivity contribution in [2.45, 2.75) is 52.3 Å². The quantitative estimate of drug-likeness (QED) is 0.455. The molecule has 26 heavy (non-hydrogen) atoms. The van der Waals surface area contributed by atoms with Crippen molar-refractivity contribution >= 4 is 11.7 Å². The summed E-state index contributed by atoms with van der Waals surface area (Å²) < 4.78 is 5.43. The van der Waals surface area contributed by atoms with Gasteiger partial charge < -0.3 is 4.74 Å². The Bertz CT molecular complexity index is 667. The summed E-state index contributed by atoms with van der Waals surface area (Å²) in [6, 6.07) is 6.76. The largest absolute Gasteiger partial charge is 0.459 e. The summed E-state index contributed by atoms with van der Waals surface area (Å²) in [6.07, 6.45) is 0. The molecule has 0 saturated carbocycles. The van der Waals surface area contributed by atoms with Crippen LogP contribution in [0.4, 0.5) is 5.69 Å². The molecule has 1 heterocycles. The smallest absolute Gasteiger partial charge is 0.320 e. The van der Waals surface area contributed by atoms with Gasteiger partial charge >= 0.3 is 5.97 Å². The van der Waals surface area contributed by atoms with E-state index in [4.69, 9.17) is 4.74 Å². The number of hydrogen-bond donors (Lipinski definition) is 0. The lowest BCUT2D eigenvalue weighted by molar-refractivity contribution is -0.384. The highest BCUT2D eigenvalue weighted by atomic mass is 16.6. The number of carbonyl (C=O) groups is 1. The van der Waals surface area contributed by atoms with Crippen molar-refractivity contribution in [2.24, 2.45) is 0 Å². The van der Waals surface area contributed by atoms with Crippen LogP contribution in [-0.4, -0.2) is 58.0 Å². The number of esters is 1. The Kier molecular flexibility index (Phi) is 6.03. The fourth-order valence-corrected chi connectivity index (χ4v) is 3.28. The van der Waals surface area contributed by atoms with Gasteiger partial charge in [0.1, 0.15) is 5.60 Å². The monoisotopic (exact) mass is 363 g/mol. The van der Waals surface area contributed by atoms with E-state index in [2.05, 4.69) is 23.6 Å². The SMILES string of the molecule is CC(C)(C)OC(=O)CN1CCN(Cc2cccc([N+](=O)[O-])c2)CC1(C)C. The Hall–Kier alpha value is -1.99. The number of nitrogens with zero attached hydrogens (tertiary/aromatic N) is 3. The molecule has 1 saturated heterocycles. The Morgan fingerprint density at radius 2 is 2.00 bits per heavy atom. The number of benzene rings is 1. The van der Waals surface area contributed by atoms with Gasteiger partial charge in [0.25, 0.3) is 5.69 Å². The van der Waals surface area contributed by atoms with Crippen LogP contribution in [0.3, 0.4) is 0 Å². The maximum atomic E-state index is 12.1. The summed E-state index contributed by atoms with van der Waals surface area (Å²) in [5.74, 6) is -0.210. The maximum absolute atomic E-state index is 12.1. The molecule has 1 aliphatic rings. The molecule has 144 valence electrons. The second kappa shape index (κ2) is 7.72. The van der Waals surface area contributed by atoms with E-state index in [1.807, 2.05) is 26.8 Å². The third kappa shape index (κ3) is 5.78. The number of piperazine rings is 1. The van der Waals surface area contributed by atoms with Gasteiger partial charge in [-0.15, -0.1) is 0 Å². The van der Waals surface area contributed by atoms with Crippen molar-refractivity contribution in [3.8, 4) is 0 Å². The average molecular weight is 363 g/mol. The first kappa shape index (κ1) is 20.3. The molecule has 0 N–H and O–H groups in total. The zero-order chi connectivity index (χ0) is 19.5. The fourth-order valence-electron chi connectivity index (χ4n) is 3.28. The number of carbonyl (C=O) groups excluding carboxylic acids is 1. The van der Waals surface area contributed by atoms with Crippen molar-refractivity contribution in [1.29, 1.82) is 0 Å². The van der Waals surface area contributed by atoms with E-state index < -0.39 is 5.60 Å². The van der Waals surface area contributed by atoms with Crippen LogP contribution < -0.4 is 0 Å². The van der Waals surface area contributed by atoms with E-state index in [0.29, 0.717) is 6.54 Å². The minimum Gasteiger partial charge on any atom is -0.459 e. The molecule has 7 nitrogen and oxygen atoms in total. The highest BCUT2D eigenvalue weighted by molar-refractivity contribution is 5.72. The highest BCUT2D eigenvalue weighted by Gasteiger charge is 2.35. The third-order valence-electron chi connectivity index (χ3n) is 4.42. The second-order valence-electron chi connectivity index (χ2n) is 8.46. The van der Waals surface area contributed by atoms with Crippen molar-refractivity contribution in [2.75, 3.05) is 26.2 Å². The zero-order valence-electron chi connectivity index (χ0n) is 16.3. The summed E-state index contributed by atoms with van der Waals surface area (Å²) in [7, 11) is 0. The highest BCUT2D eigenvalue weighted by Crippen LogP contribution is 2.23. The zero-order valence-corrected chi connectivity index (χ0v) is 16.3. The lowest BCUT2D eigenvalue weighted by Gasteiger charge is -2.47. The van der Waals surface area contributed by atoms with E-state index in [9.17, 15) is 14.9 Å². The molecular weight excluding hydrogens is 334 g/mol. The summed E-state index contributed by atoms with van der Waals surface area (Å²) in [4.78, 5) is 27.1. The van der Waals surface area contributed by atoms with E-state index >= 15 is 0 Å². The number of rotatable bonds is 5. The molecular formula is C19H29N3O4. The molecule has 0 radical (unpaired) electrons. The molecule has 1 aromatic carbocycles. The fraction of sp³-hybridized carbons (Fsp3) is 0.632. The first-order valence-electron chi connectivity index (χ1n) is 8.89. The number of hydrogen-bond acceptors (Lipinski definition) is 6. The van der Waals surface area contributed by atoms with Gasteiger partial charge in [0.05, 0.1) is 11.5 Å². The average Bonchev–Trinajstić information content (AvgIpc) is 2.48. The van der Waals surface area contributed by atoms with E-state index in [1.54, 1.807) is 12.1 Å². The van der Waals surface area contributed by atoms with E-state index in [1.165, 1.54) is 6.07 Å². The Morgan fingerprint density at radius 3 is 2.58 bits per heavy atom. The molecule has 0 aliphatic carbocycles. The first-order valence-corrected chi connectivity index (χ1v) is 8.89. The Morgan fingerprint density at radius 1 is 1.31 bits per heavy atom. The van der Waals surface area contributed by atoms with Crippen LogP contribution in [0.15, 0.2) is 24.3 Å². The standard InChI is InChI=1S/C19H29N3O4/c1-18(2,3)26-17(23)13-21-10-9-20(14-19(21,4)5)12-15-7-6-8-16(11-15)22(24)25/h6-8,11H,9-10,12-14H2,1-5H3. The van der Waals surface area contributed by atoms with Crippen LogP contribution >= 0.6 is 0 Å². The van der Waals surface area contributed by atoms with Crippen LogP contribution in [-0.2, 0) is 16.1 Å². The lowest BCUT2D eigenvalue weighted by atomic mass is 9.98. The summed E-state index contributed by atoms with van der Waals surface area (Å²) >= 11 is 0. The lowest BCUT2D eigenvalue weighted by Crippen LogP contribution is -2.60. The topological polar surface area (TPSA) is 75.9 Å². The van der Waals surface area contributed by atoms with Gasteiger partial charge in [0.15, 0.2) is 0 Å². The summed E-state index contributed by atoms with van der Waals surface area (Å²) in [6.45, 7) is 13.1. The molecule has 0 amide bonds. The van der Waals surface area contributed by atoms with Gasteiger partial charge in [0.2, 0.25) is 0 Å². The van der Waals surface area contributed by atoms with Crippen LogP contribution in [0.5, 0.6) is 0 Å². The molecule has 0 spiro atoms. The molecule has 1 aliphatic heterocycles. The van der Waals surface area contributed by atoms with Crippen LogP contribution in [0.2, 0.25) is 0 Å². The maximum Gasteiger partial charge on any atom is 0.320 e. The molecule has 0 atom stereocenters. The Balaban J connectivity index is 1.96. The molecule has 0 unspecified atom stereocenters. The van der Waals surface area contributed by atoms with Gasteiger partial charge in [-0.05, 0) is 40.2 Å². The number of nitro groups is 1. The van der Waals surface area contributed by atoms with Crippen LogP contribution in [0.25, 0.3) is 0 Å². The van der Waals surface area contributed by atoms with Crippen molar-refractivity contribution in [3.05, 3.63) is 39.9 Å². The van der Waals surface area contributed by atoms with E-state index in [0.717, 1.165) is 25.2 Å². The van der Waals surface area contributed by atoms with Crippen LogP contribution in [0, 0.1) is 10.1 Å². The minimum absolute atomic E-state index is 0.116. The molecule has 0 bridgehead atoms. The number of ether oxygens (including phenoxy) is 1. The first-order chi connectivity index (χ1) is 12.0. The van der Waals surface area contributed by atoms with Gasteiger partial charge in [-0.1, -0.05) is 12.1 Å². The second-order valence-corrected chi connectivity index (χ2v) is 8.46. The van der Waals surface area contributed by atoms with E-state index in [-0.39, 0.29) is 28.7 Å². The summed E-state index contributed by atoms with van der Waals surface area (Å²) in [5, 5.41) is 10.9. The van der Waals surface area contributed by atoms with Gasteiger partial charge in [0, 0.05) is 43.9 Å². The molecule has 1 aromatic rings. The van der Waals surface area contributed by atoms with Crippen molar-refractivity contribution < 1.29 is 14.5 Å². The van der Waals surface area contributed by atoms with Gasteiger partial charge in [-0.2, -0.15) is 0 Å². The predicted octanol–water partition coefficient (Wildman–Crippen LogP) is 2.83. The van der Waals surface area contributed by atoms with Gasteiger partial charge in [-0.25, -0.2) is 0 Å². The normalized spacial score (nSPS) is 18.5. The molecule has 2 rings (SSSR count). The molecule has 0 aromatic heterocycles. The van der Waals surface area contributed by atoms with Crippen LogP contribution in [0.1, 0.15) is 40.2 Å². The number of non-ortho nitro benzene ring substituents is 1. The Labute approximate surface area is 155 Å². The minimum atomic E-state index is -0.481. The van der Waals surface area contributed by atoms with Crippen molar-refractivity contribution in [1.82, 2.24) is 9.80 Å². The molecule has 7 heteroatoms. The van der Waals surface area contributed by atoms with Gasteiger partial charge in [-0.3, -0.25) is 24.7 Å². The molecule has 1 fully saturated rings. The number of nitro benzene ring substituents is 1. The predicted molar refractivity (Wildman–Crippen MR) is 99.9 cm³/mol. The summed E-state index contributed by atoms with van der Waals surface area (Å²) in [5.41, 5.74) is 0.377. The van der Waals surface area contributed by atoms with Crippen molar-refractivity contribution in [3.63, 3.8) is 0 Å². The third-order valence-corrected chi connectivity index (χ3v) is 4.42.